The Bertz CT molecular complexity index is 637. The fourth-order valence-electron chi connectivity index (χ4n) is 2.97. The molecule has 25 heavy (non-hydrogen) atoms. The van der Waals surface area contributed by atoms with Crippen LogP contribution < -0.4 is 10.5 Å². The van der Waals surface area contributed by atoms with E-state index in [0.29, 0.717) is 56.4 Å². The van der Waals surface area contributed by atoms with Crippen LogP contribution in [0.4, 0.5) is 10.5 Å². The molecule has 2 saturated heterocycles. The lowest BCUT2D eigenvalue weighted by molar-refractivity contribution is 0.0369. The maximum Gasteiger partial charge on any atom is 0.410 e. The van der Waals surface area contributed by atoms with Crippen molar-refractivity contribution < 1.29 is 23.8 Å². The van der Waals surface area contributed by atoms with Gasteiger partial charge < -0.3 is 29.7 Å². The SMILES string of the molecule is COc1cc(N)ccc1C(=O)N1CCN(C(=O)OC2CCOC2)CC1. The number of methoxy groups -OCH3 is 1. The van der Waals surface area contributed by atoms with E-state index in [9.17, 15) is 9.59 Å². The molecule has 2 aliphatic rings. The second kappa shape index (κ2) is 7.60. The Hall–Kier alpha value is -2.48. The number of rotatable bonds is 3. The van der Waals surface area contributed by atoms with E-state index < -0.39 is 0 Å². The molecule has 136 valence electrons. The highest BCUT2D eigenvalue weighted by atomic mass is 16.6. The summed E-state index contributed by atoms with van der Waals surface area (Å²) in [5.74, 6) is 0.321. The summed E-state index contributed by atoms with van der Waals surface area (Å²) in [6, 6.07) is 4.97. The van der Waals surface area contributed by atoms with Gasteiger partial charge in [0.2, 0.25) is 0 Å². The zero-order chi connectivity index (χ0) is 17.8. The molecule has 1 aromatic carbocycles. The summed E-state index contributed by atoms with van der Waals surface area (Å²) >= 11 is 0. The maximum absolute atomic E-state index is 12.7. The van der Waals surface area contributed by atoms with Crippen LogP contribution in [0.15, 0.2) is 18.2 Å². The van der Waals surface area contributed by atoms with Gasteiger partial charge in [-0.15, -0.1) is 0 Å². The Balaban J connectivity index is 1.56. The number of carbonyl (C=O) groups is 2. The third-order valence-corrected chi connectivity index (χ3v) is 4.44. The van der Waals surface area contributed by atoms with Crippen LogP contribution in [-0.2, 0) is 9.47 Å². The molecule has 0 spiro atoms. The molecule has 0 aromatic heterocycles. The highest BCUT2D eigenvalue weighted by Gasteiger charge is 2.29. The molecule has 0 bridgehead atoms. The number of nitrogen functional groups attached to an aromatic ring is 1. The molecule has 2 aliphatic heterocycles. The van der Waals surface area contributed by atoms with Gasteiger partial charge in [0.1, 0.15) is 11.9 Å². The lowest BCUT2D eigenvalue weighted by atomic mass is 10.1. The molecule has 0 saturated carbocycles. The van der Waals surface area contributed by atoms with Crippen LogP contribution in [0.25, 0.3) is 0 Å². The number of amides is 2. The molecular formula is C17H23N3O5. The minimum Gasteiger partial charge on any atom is -0.496 e. The van der Waals surface area contributed by atoms with Crippen molar-refractivity contribution in [3.05, 3.63) is 23.8 Å². The summed E-state index contributed by atoms with van der Waals surface area (Å²) in [5.41, 5.74) is 6.74. The fourth-order valence-corrected chi connectivity index (χ4v) is 2.97. The van der Waals surface area contributed by atoms with E-state index in [1.54, 1.807) is 28.0 Å². The first-order chi connectivity index (χ1) is 12.1. The van der Waals surface area contributed by atoms with Crippen LogP contribution in [0.2, 0.25) is 0 Å². The lowest BCUT2D eigenvalue weighted by Gasteiger charge is -2.34. The van der Waals surface area contributed by atoms with Gasteiger partial charge in [-0.3, -0.25) is 4.79 Å². The molecule has 2 heterocycles. The van der Waals surface area contributed by atoms with E-state index in [1.165, 1.54) is 7.11 Å². The standard InChI is InChI=1S/C17H23N3O5/c1-23-15-10-12(18)2-3-14(15)16(21)19-5-7-20(8-6-19)17(22)25-13-4-9-24-11-13/h2-3,10,13H,4-9,11,18H2,1H3. The Kier molecular flexibility index (Phi) is 5.28. The second-order valence-corrected chi connectivity index (χ2v) is 6.11. The Morgan fingerprint density at radius 1 is 1.20 bits per heavy atom. The van der Waals surface area contributed by atoms with Crippen molar-refractivity contribution in [3.8, 4) is 5.75 Å². The quantitative estimate of drug-likeness (QED) is 0.817. The fraction of sp³-hybridized carbons (Fsp3) is 0.529. The van der Waals surface area contributed by atoms with Gasteiger partial charge in [-0.05, 0) is 12.1 Å². The number of hydrogen-bond acceptors (Lipinski definition) is 6. The molecule has 1 aromatic rings. The van der Waals surface area contributed by atoms with Gasteiger partial charge >= 0.3 is 6.09 Å². The summed E-state index contributed by atoms with van der Waals surface area (Å²) in [5, 5.41) is 0. The number of ether oxygens (including phenoxy) is 3. The molecular weight excluding hydrogens is 326 g/mol. The Labute approximate surface area is 146 Å². The Morgan fingerprint density at radius 2 is 1.92 bits per heavy atom. The van der Waals surface area contributed by atoms with Crippen LogP contribution in [-0.4, -0.2) is 74.4 Å². The smallest absolute Gasteiger partial charge is 0.410 e. The van der Waals surface area contributed by atoms with Gasteiger partial charge in [-0.25, -0.2) is 4.79 Å². The predicted octanol–water partition coefficient (Wildman–Crippen LogP) is 0.961. The van der Waals surface area contributed by atoms with Crippen molar-refractivity contribution in [2.45, 2.75) is 12.5 Å². The van der Waals surface area contributed by atoms with Gasteiger partial charge in [-0.1, -0.05) is 0 Å². The molecule has 2 N–H and O–H groups in total. The van der Waals surface area contributed by atoms with Crippen molar-refractivity contribution in [1.29, 1.82) is 0 Å². The molecule has 1 unspecified atom stereocenters. The van der Waals surface area contributed by atoms with Crippen LogP contribution in [0.1, 0.15) is 16.8 Å². The molecule has 2 fully saturated rings. The van der Waals surface area contributed by atoms with E-state index in [0.717, 1.165) is 6.42 Å². The number of hydrogen-bond donors (Lipinski definition) is 1. The first kappa shape index (κ1) is 17.3. The maximum atomic E-state index is 12.7. The molecule has 0 radical (unpaired) electrons. The second-order valence-electron chi connectivity index (χ2n) is 6.11. The van der Waals surface area contributed by atoms with Gasteiger partial charge in [0, 0.05) is 44.4 Å². The van der Waals surface area contributed by atoms with Crippen molar-refractivity contribution in [2.75, 3.05) is 52.2 Å². The summed E-state index contributed by atoms with van der Waals surface area (Å²) in [6.07, 6.45) is 0.236. The van der Waals surface area contributed by atoms with E-state index in [-0.39, 0.29) is 18.1 Å². The summed E-state index contributed by atoms with van der Waals surface area (Å²) in [6.45, 7) is 2.86. The molecule has 8 heteroatoms. The molecule has 1 atom stereocenters. The number of nitrogens with two attached hydrogens (primary N) is 1. The zero-order valence-corrected chi connectivity index (χ0v) is 14.3. The predicted molar refractivity (Wildman–Crippen MR) is 90.6 cm³/mol. The third-order valence-electron chi connectivity index (χ3n) is 4.44. The average Bonchev–Trinajstić information content (AvgIpc) is 3.14. The first-order valence-electron chi connectivity index (χ1n) is 8.34. The summed E-state index contributed by atoms with van der Waals surface area (Å²) in [4.78, 5) is 28.2. The summed E-state index contributed by atoms with van der Waals surface area (Å²) < 4.78 is 15.9. The number of anilines is 1. The van der Waals surface area contributed by atoms with Gasteiger partial charge in [0.25, 0.3) is 5.91 Å². The highest BCUT2D eigenvalue weighted by Crippen LogP contribution is 2.23. The highest BCUT2D eigenvalue weighted by molar-refractivity contribution is 5.97. The van der Waals surface area contributed by atoms with Crippen LogP contribution in [0.5, 0.6) is 5.75 Å². The molecule has 2 amide bonds. The number of carbonyl (C=O) groups excluding carboxylic acids is 2. The molecule has 3 rings (SSSR count). The largest absolute Gasteiger partial charge is 0.496 e. The van der Waals surface area contributed by atoms with Gasteiger partial charge in [0.05, 0.1) is 25.9 Å². The normalized spacial score (nSPS) is 20.4. The van der Waals surface area contributed by atoms with Crippen LogP contribution in [0, 0.1) is 0 Å². The van der Waals surface area contributed by atoms with E-state index in [1.807, 2.05) is 0 Å². The van der Waals surface area contributed by atoms with Crippen molar-refractivity contribution in [2.24, 2.45) is 0 Å². The minimum absolute atomic E-state index is 0.130. The van der Waals surface area contributed by atoms with Gasteiger partial charge in [-0.2, -0.15) is 0 Å². The molecule has 0 aliphatic carbocycles. The summed E-state index contributed by atoms with van der Waals surface area (Å²) in [7, 11) is 1.51. The van der Waals surface area contributed by atoms with E-state index >= 15 is 0 Å². The first-order valence-corrected chi connectivity index (χ1v) is 8.34. The average molecular weight is 349 g/mol. The van der Waals surface area contributed by atoms with E-state index in [4.69, 9.17) is 19.9 Å². The van der Waals surface area contributed by atoms with Crippen LogP contribution >= 0.6 is 0 Å². The topological polar surface area (TPSA) is 94.3 Å². The number of piperazine rings is 1. The Morgan fingerprint density at radius 3 is 2.56 bits per heavy atom. The van der Waals surface area contributed by atoms with Crippen molar-refractivity contribution in [1.82, 2.24) is 9.80 Å². The third kappa shape index (κ3) is 3.96. The van der Waals surface area contributed by atoms with Crippen molar-refractivity contribution >= 4 is 17.7 Å². The number of benzene rings is 1. The monoisotopic (exact) mass is 349 g/mol. The van der Waals surface area contributed by atoms with E-state index in [2.05, 4.69) is 0 Å². The van der Waals surface area contributed by atoms with Crippen LogP contribution in [0.3, 0.4) is 0 Å². The van der Waals surface area contributed by atoms with Gasteiger partial charge in [0.15, 0.2) is 0 Å². The number of nitrogens with zero attached hydrogens (tertiary/aromatic N) is 2. The lowest BCUT2D eigenvalue weighted by Crippen LogP contribution is -2.51. The molecule has 8 nitrogen and oxygen atoms in total. The van der Waals surface area contributed by atoms with Crippen molar-refractivity contribution in [3.63, 3.8) is 0 Å². The minimum atomic E-state index is -0.340. The zero-order valence-electron chi connectivity index (χ0n) is 14.3.